The number of aromatic nitrogens is 2. The lowest BCUT2D eigenvalue weighted by molar-refractivity contribution is 0.522. The van der Waals surface area contributed by atoms with E-state index in [-0.39, 0.29) is 0 Å². The van der Waals surface area contributed by atoms with E-state index in [2.05, 4.69) is 23.8 Å². The number of H-pyrrole nitrogens is 1. The van der Waals surface area contributed by atoms with Crippen molar-refractivity contribution >= 4 is 0 Å². The molecule has 2 nitrogen and oxygen atoms in total. The zero-order valence-corrected chi connectivity index (χ0v) is 15.1. The Hall–Kier alpha value is -0.790. The van der Waals surface area contributed by atoms with Gasteiger partial charge in [0.15, 0.2) is 0 Å². The van der Waals surface area contributed by atoms with E-state index < -0.39 is 0 Å². The van der Waals surface area contributed by atoms with Gasteiger partial charge in [-0.1, -0.05) is 97.3 Å². The molecule has 2 heteroatoms. The van der Waals surface area contributed by atoms with Crippen LogP contribution in [0.25, 0.3) is 0 Å². The predicted molar refractivity (Wildman–Crippen MR) is 97.3 cm³/mol. The Labute approximate surface area is 138 Å². The van der Waals surface area contributed by atoms with Gasteiger partial charge in [-0.15, -0.1) is 0 Å². The highest BCUT2D eigenvalue weighted by Crippen LogP contribution is 2.19. The van der Waals surface area contributed by atoms with Gasteiger partial charge in [0, 0.05) is 18.3 Å². The number of nitrogens with zero attached hydrogens (tertiary/aromatic N) is 1. The third kappa shape index (κ3) is 10.0. The number of rotatable bonds is 15. The topological polar surface area (TPSA) is 28.7 Å². The smallest absolute Gasteiger partial charge is 0.108 e. The number of aromatic amines is 1. The molecule has 0 aliphatic rings. The van der Waals surface area contributed by atoms with Crippen LogP contribution >= 0.6 is 0 Å². The summed E-state index contributed by atoms with van der Waals surface area (Å²) in [6, 6.07) is 0. The van der Waals surface area contributed by atoms with Gasteiger partial charge in [0.25, 0.3) is 0 Å². The molecule has 0 bridgehead atoms. The van der Waals surface area contributed by atoms with Crippen molar-refractivity contribution in [2.75, 3.05) is 0 Å². The molecule has 1 unspecified atom stereocenters. The second-order valence-corrected chi connectivity index (χ2v) is 6.91. The van der Waals surface area contributed by atoms with Crippen LogP contribution in [0.5, 0.6) is 0 Å². The standard InChI is InChI=1S/C20H38N2/c1-3-4-5-6-7-8-9-10-11-12-13-14-15-16-19(2)20-21-17-18-22-20/h17-19H,3-16H2,1-2H3,(H,21,22). The van der Waals surface area contributed by atoms with Gasteiger partial charge in [-0.2, -0.15) is 0 Å². The van der Waals surface area contributed by atoms with Crippen molar-refractivity contribution in [3.05, 3.63) is 18.2 Å². The summed E-state index contributed by atoms with van der Waals surface area (Å²) in [5.74, 6) is 1.74. The fraction of sp³-hybridized carbons (Fsp3) is 0.850. The molecule has 0 saturated heterocycles. The predicted octanol–water partition coefficient (Wildman–Crippen LogP) is 6.99. The molecule has 0 fully saturated rings. The first-order chi connectivity index (χ1) is 10.8. The minimum atomic E-state index is 0.586. The van der Waals surface area contributed by atoms with Gasteiger partial charge in [0.1, 0.15) is 5.82 Å². The Morgan fingerprint density at radius 3 is 1.77 bits per heavy atom. The summed E-state index contributed by atoms with van der Waals surface area (Å²) in [6.45, 7) is 4.57. The van der Waals surface area contributed by atoms with Gasteiger partial charge in [-0.25, -0.2) is 4.98 Å². The lowest BCUT2D eigenvalue weighted by atomic mass is 10.0. The van der Waals surface area contributed by atoms with Crippen LogP contribution in [-0.2, 0) is 0 Å². The Balaban J connectivity index is 1.76. The van der Waals surface area contributed by atoms with Crippen molar-refractivity contribution in [2.45, 2.75) is 110 Å². The summed E-state index contributed by atoms with van der Waals surface area (Å²) < 4.78 is 0. The minimum absolute atomic E-state index is 0.586. The zero-order chi connectivity index (χ0) is 15.9. The molecule has 1 atom stereocenters. The molecule has 1 heterocycles. The van der Waals surface area contributed by atoms with Crippen molar-refractivity contribution in [3.63, 3.8) is 0 Å². The number of nitrogens with one attached hydrogen (secondary N) is 1. The summed E-state index contributed by atoms with van der Waals surface area (Å²) in [4.78, 5) is 7.56. The lowest BCUT2D eigenvalue weighted by Crippen LogP contribution is -1.96. The maximum atomic E-state index is 4.34. The van der Waals surface area contributed by atoms with Crippen molar-refractivity contribution in [1.29, 1.82) is 0 Å². The molecule has 1 aromatic rings. The maximum Gasteiger partial charge on any atom is 0.108 e. The number of unbranched alkanes of at least 4 members (excludes halogenated alkanes) is 12. The molecule has 0 saturated carbocycles. The van der Waals surface area contributed by atoms with Gasteiger partial charge in [-0.05, 0) is 6.42 Å². The monoisotopic (exact) mass is 306 g/mol. The van der Waals surface area contributed by atoms with Crippen LogP contribution in [0.2, 0.25) is 0 Å². The molecule has 22 heavy (non-hydrogen) atoms. The maximum absolute atomic E-state index is 4.34. The van der Waals surface area contributed by atoms with E-state index in [0.717, 1.165) is 5.82 Å². The Morgan fingerprint density at radius 1 is 0.818 bits per heavy atom. The number of hydrogen-bond acceptors (Lipinski definition) is 1. The van der Waals surface area contributed by atoms with Crippen molar-refractivity contribution in [2.24, 2.45) is 0 Å². The van der Waals surface area contributed by atoms with Gasteiger partial charge in [0.05, 0.1) is 0 Å². The van der Waals surface area contributed by atoms with Crippen LogP contribution in [0.1, 0.15) is 115 Å². The fourth-order valence-corrected chi connectivity index (χ4v) is 3.15. The largest absolute Gasteiger partial charge is 0.348 e. The molecular weight excluding hydrogens is 268 g/mol. The first-order valence-electron chi connectivity index (χ1n) is 9.84. The Kier molecular flexibility index (Phi) is 12.1. The molecule has 1 aromatic heterocycles. The molecule has 0 aromatic carbocycles. The van der Waals surface area contributed by atoms with Gasteiger partial charge in [0.2, 0.25) is 0 Å². The minimum Gasteiger partial charge on any atom is -0.348 e. The molecule has 128 valence electrons. The van der Waals surface area contributed by atoms with E-state index in [1.807, 2.05) is 12.4 Å². The average Bonchev–Trinajstić information content (AvgIpc) is 3.06. The van der Waals surface area contributed by atoms with Crippen molar-refractivity contribution in [1.82, 2.24) is 9.97 Å². The second kappa shape index (κ2) is 13.8. The third-order valence-corrected chi connectivity index (χ3v) is 4.73. The highest BCUT2D eigenvalue weighted by atomic mass is 14.9. The fourth-order valence-electron chi connectivity index (χ4n) is 3.15. The lowest BCUT2D eigenvalue weighted by Gasteiger charge is -2.08. The normalized spacial score (nSPS) is 12.6. The van der Waals surface area contributed by atoms with Crippen LogP contribution in [0.15, 0.2) is 12.4 Å². The summed E-state index contributed by atoms with van der Waals surface area (Å²) in [7, 11) is 0. The first-order valence-corrected chi connectivity index (χ1v) is 9.84. The summed E-state index contributed by atoms with van der Waals surface area (Å²) in [6.07, 6.45) is 23.6. The zero-order valence-electron chi connectivity index (χ0n) is 15.1. The molecule has 0 amide bonds. The highest BCUT2D eigenvalue weighted by molar-refractivity contribution is 4.94. The summed E-state index contributed by atoms with van der Waals surface area (Å²) >= 11 is 0. The molecule has 0 aliphatic heterocycles. The Morgan fingerprint density at radius 2 is 1.32 bits per heavy atom. The second-order valence-electron chi connectivity index (χ2n) is 6.91. The highest BCUT2D eigenvalue weighted by Gasteiger charge is 2.06. The van der Waals surface area contributed by atoms with Gasteiger partial charge < -0.3 is 4.98 Å². The number of hydrogen-bond donors (Lipinski definition) is 1. The van der Waals surface area contributed by atoms with E-state index in [1.54, 1.807) is 0 Å². The van der Waals surface area contributed by atoms with E-state index in [9.17, 15) is 0 Å². The van der Waals surface area contributed by atoms with E-state index in [1.165, 1.54) is 89.9 Å². The van der Waals surface area contributed by atoms with Crippen LogP contribution in [0, 0.1) is 0 Å². The molecular formula is C20H38N2. The van der Waals surface area contributed by atoms with Crippen molar-refractivity contribution in [3.8, 4) is 0 Å². The summed E-state index contributed by atoms with van der Waals surface area (Å²) in [5.41, 5.74) is 0. The molecule has 1 rings (SSSR count). The quantitative estimate of drug-likeness (QED) is 0.347. The van der Waals surface area contributed by atoms with Crippen LogP contribution < -0.4 is 0 Å². The number of imidazole rings is 1. The van der Waals surface area contributed by atoms with Crippen molar-refractivity contribution < 1.29 is 0 Å². The molecule has 0 radical (unpaired) electrons. The van der Waals surface area contributed by atoms with Gasteiger partial charge >= 0.3 is 0 Å². The van der Waals surface area contributed by atoms with Crippen LogP contribution in [0.3, 0.4) is 0 Å². The van der Waals surface area contributed by atoms with E-state index >= 15 is 0 Å². The Bertz CT molecular complexity index is 318. The molecule has 1 N–H and O–H groups in total. The van der Waals surface area contributed by atoms with E-state index in [4.69, 9.17) is 0 Å². The van der Waals surface area contributed by atoms with E-state index in [0.29, 0.717) is 5.92 Å². The van der Waals surface area contributed by atoms with Gasteiger partial charge in [-0.3, -0.25) is 0 Å². The average molecular weight is 307 g/mol. The first kappa shape index (κ1) is 19.3. The molecule has 0 aliphatic carbocycles. The van der Waals surface area contributed by atoms with Crippen LogP contribution in [0.4, 0.5) is 0 Å². The SMILES string of the molecule is CCCCCCCCCCCCCCCC(C)c1ncc[nH]1. The molecule has 0 spiro atoms. The summed E-state index contributed by atoms with van der Waals surface area (Å²) in [5, 5.41) is 0. The van der Waals surface area contributed by atoms with Crippen LogP contribution in [-0.4, -0.2) is 9.97 Å². The third-order valence-electron chi connectivity index (χ3n) is 4.73.